The molecule has 1 fully saturated rings. The van der Waals surface area contributed by atoms with Gasteiger partial charge in [-0.15, -0.1) is 0 Å². The molecule has 0 aromatic heterocycles. The number of nitrogens with one attached hydrogen (secondary N) is 1. The Morgan fingerprint density at radius 1 is 1.11 bits per heavy atom. The molecule has 0 spiro atoms. The van der Waals surface area contributed by atoms with Crippen LogP contribution in [0.25, 0.3) is 0 Å². The molecule has 7 heteroatoms. The van der Waals surface area contributed by atoms with Gasteiger partial charge in [-0.3, -0.25) is 4.79 Å². The molecule has 0 bridgehead atoms. The van der Waals surface area contributed by atoms with Crippen molar-refractivity contribution in [3.05, 3.63) is 59.7 Å². The molecule has 2 aromatic rings. The van der Waals surface area contributed by atoms with Crippen molar-refractivity contribution >= 4 is 15.9 Å². The number of aryl methyl sites for hydroxylation is 1. The van der Waals surface area contributed by atoms with Crippen LogP contribution < -0.4 is 9.46 Å². The molecular weight excluding hydrogens is 364 g/mol. The minimum atomic E-state index is -3.59. The average molecular weight is 388 g/mol. The van der Waals surface area contributed by atoms with Gasteiger partial charge in [-0.25, -0.2) is 13.1 Å². The lowest BCUT2D eigenvalue weighted by Crippen LogP contribution is -2.46. The molecule has 1 saturated heterocycles. The first-order chi connectivity index (χ1) is 12.9. The first-order valence-electron chi connectivity index (χ1n) is 8.91. The Bertz CT molecular complexity index is 902. The van der Waals surface area contributed by atoms with Crippen LogP contribution in [-0.2, 0) is 10.0 Å². The second kappa shape index (κ2) is 8.10. The molecule has 3 rings (SSSR count). The number of nitrogens with zero attached hydrogens (tertiary/aromatic N) is 1. The maximum atomic E-state index is 12.6. The van der Waals surface area contributed by atoms with Crippen LogP contribution in [0.15, 0.2) is 53.4 Å². The highest BCUT2D eigenvalue weighted by Gasteiger charge is 2.27. The summed E-state index contributed by atoms with van der Waals surface area (Å²) in [4.78, 5) is 14.6. The topological polar surface area (TPSA) is 75.7 Å². The molecule has 0 aliphatic carbocycles. The number of ether oxygens (including phenoxy) is 1. The van der Waals surface area contributed by atoms with Gasteiger partial charge in [0.05, 0.1) is 12.0 Å². The zero-order valence-electron chi connectivity index (χ0n) is 15.5. The van der Waals surface area contributed by atoms with Gasteiger partial charge in [0.2, 0.25) is 10.0 Å². The lowest BCUT2D eigenvalue weighted by atomic mass is 10.0. The largest absolute Gasteiger partial charge is 0.497 e. The highest BCUT2D eigenvalue weighted by atomic mass is 32.2. The van der Waals surface area contributed by atoms with E-state index in [-0.39, 0.29) is 16.8 Å². The van der Waals surface area contributed by atoms with Gasteiger partial charge in [-0.05, 0) is 56.2 Å². The number of rotatable bonds is 5. The third kappa shape index (κ3) is 4.67. The number of methoxy groups -OCH3 is 1. The lowest BCUT2D eigenvalue weighted by Gasteiger charge is -2.32. The molecule has 0 radical (unpaired) electrons. The Morgan fingerprint density at radius 3 is 2.37 bits per heavy atom. The molecule has 1 aliphatic rings. The number of hydrogen-bond acceptors (Lipinski definition) is 4. The molecule has 1 N–H and O–H groups in total. The van der Waals surface area contributed by atoms with E-state index in [1.807, 2.05) is 31.2 Å². The molecule has 0 atom stereocenters. The van der Waals surface area contributed by atoms with E-state index in [4.69, 9.17) is 4.74 Å². The molecule has 6 nitrogen and oxygen atoms in total. The summed E-state index contributed by atoms with van der Waals surface area (Å²) >= 11 is 0. The quantitative estimate of drug-likeness (QED) is 0.854. The number of amides is 1. The summed E-state index contributed by atoms with van der Waals surface area (Å²) in [6.45, 7) is 3.02. The van der Waals surface area contributed by atoms with Gasteiger partial charge in [-0.2, -0.15) is 0 Å². The third-order valence-electron chi connectivity index (χ3n) is 4.74. The van der Waals surface area contributed by atoms with Gasteiger partial charge in [0.1, 0.15) is 5.75 Å². The number of carbonyl (C=O) groups excluding carboxylic acids is 1. The molecule has 1 amide bonds. The monoisotopic (exact) mass is 388 g/mol. The fraction of sp³-hybridized carbons (Fsp3) is 0.350. The van der Waals surface area contributed by atoms with Crippen molar-refractivity contribution in [3.8, 4) is 5.75 Å². The number of sulfonamides is 1. The second-order valence-corrected chi connectivity index (χ2v) is 8.45. The van der Waals surface area contributed by atoms with Crippen molar-refractivity contribution in [2.75, 3.05) is 20.2 Å². The molecule has 144 valence electrons. The van der Waals surface area contributed by atoms with Crippen LogP contribution in [0.3, 0.4) is 0 Å². The lowest BCUT2D eigenvalue weighted by molar-refractivity contribution is 0.0711. The van der Waals surface area contributed by atoms with Crippen LogP contribution >= 0.6 is 0 Å². The van der Waals surface area contributed by atoms with Gasteiger partial charge in [0, 0.05) is 24.7 Å². The predicted molar refractivity (Wildman–Crippen MR) is 103 cm³/mol. The van der Waals surface area contributed by atoms with Crippen LogP contribution in [-0.4, -0.2) is 45.5 Å². The number of hydrogen-bond donors (Lipinski definition) is 1. The van der Waals surface area contributed by atoms with Crippen molar-refractivity contribution in [1.29, 1.82) is 0 Å². The first-order valence-corrected chi connectivity index (χ1v) is 10.4. The van der Waals surface area contributed by atoms with E-state index in [2.05, 4.69) is 4.72 Å². The van der Waals surface area contributed by atoms with Crippen molar-refractivity contribution in [3.63, 3.8) is 0 Å². The Hall–Kier alpha value is -2.38. The number of piperidine rings is 1. The summed E-state index contributed by atoms with van der Waals surface area (Å²) in [5.41, 5.74) is 1.72. The van der Waals surface area contributed by atoms with E-state index in [0.29, 0.717) is 37.2 Å². The normalized spacial score (nSPS) is 15.6. The van der Waals surface area contributed by atoms with Crippen molar-refractivity contribution in [2.45, 2.75) is 30.7 Å². The standard InChI is InChI=1S/C20H24N2O4S/c1-15-4-3-5-16(14-15)20(23)22-12-10-17(11-13-22)21-27(24,25)19-8-6-18(26-2)7-9-19/h3-9,14,17,21H,10-13H2,1-2H3. The molecule has 27 heavy (non-hydrogen) atoms. The smallest absolute Gasteiger partial charge is 0.253 e. The summed E-state index contributed by atoms with van der Waals surface area (Å²) in [6.07, 6.45) is 1.18. The van der Waals surface area contributed by atoms with Crippen LogP contribution in [0.2, 0.25) is 0 Å². The van der Waals surface area contributed by atoms with E-state index in [0.717, 1.165) is 5.56 Å². The van der Waals surface area contributed by atoms with Gasteiger partial charge in [0.15, 0.2) is 0 Å². The van der Waals surface area contributed by atoms with Crippen LogP contribution in [0, 0.1) is 6.92 Å². The Balaban J connectivity index is 1.59. The summed E-state index contributed by atoms with van der Waals surface area (Å²) in [6, 6.07) is 13.6. The average Bonchev–Trinajstić information content (AvgIpc) is 2.68. The molecule has 2 aromatic carbocycles. The SMILES string of the molecule is COc1ccc(S(=O)(=O)NC2CCN(C(=O)c3cccc(C)c3)CC2)cc1. The fourth-order valence-corrected chi connectivity index (χ4v) is 4.51. The van der Waals surface area contributed by atoms with Crippen molar-refractivity contribution in [1.82, 2.24) is 9.62 Å². The zero-order chi connectivity index (χ0) is 19.4. The van der Waals surface area contributed by atoms with Crippen molar-refractivity contribution in [2.24, 2.45) is 0 Å². The maximum Gasteiger partial charge on any atom is 0.253 e. The van der Waals surface area contributed by atoms with E-state index >= 15 is 0 Å². The predicted octanol–water partition coefficient (Wildman–Crippen LogP) is 2.59. The minimum Gasteiger partial charge on any atom is -0.497 e. The van der Waals surface area contributed by atoms with E-state index in [1.165, 1.54) is 19.2 Å². The Labute approximate surface area is 160 Å². The van der Waals surface area contributed by atoms with Crippen LogP contribution in [0.5, 0.6) is 5.75 Å². The Morgan fingerprint density at radius 2 is 1.78 bits per heavy atom. The van der Waals surface area contributed by atoms with E-state index in [9.17, 15) is 13.2 Å². The van der Waals surface area contributed by atoms with Crippen LogP contribution in [0.4, 0.5) is 0 Å². The van der Waals surface area contributed by atoms with E-state index < -0.39 is 10.0 Å². The molecule has 1 heterocycles. The molecule has 0 unspecified atom stereocenters. The number of benzene rings is 2. The van der Waals surface area contributed by atoms with Crippen molar-refractivity contribution < 1.29 is 17.9 Å². The molecule has 1 aliphatic heterocycles. The summed E-state index contributed by atoms with van der Waals surface area (Å²) in [5, 5.41) is 0. The van der Waals surface area contributed by atoms with Gasteiger partial charge < -0.3 is 9.64 Å². The fourth-order valence-electron chi connectivity index (χ4n) is 3.20. The third-order valence-corrected chi connectivity index (χ3v) is 6.28. The molecule has 0 saturated carbocycles. The summed E-state index contributed by atoms with van der Waals surface area (Å²) in [7, 11) is -2.05. The maximum absolute atomic E-state index is 12.6. The minimum absolute atomic E-state index is 0.00448. The van der Waals surface area contributed by atoms with E-state index in [1.54, 1.807) is 17.0 Å². The first kappa shape index (κ1) is 19.4. The Kier molecular flexibility index (Phi) is 5.82. The second-order valence-electron chi connectivity index (χ2n) is 6.73. The van der Waals surface area contributed by atoms with Crippen LogP contribution in [0.1, 0.15) is 28.8 Å². The zero-order valence-corrected chi connectivity index (χ0v) is 16.3. The highest BCUT2D eigenvalue weighted by molar-refractivity contribution is 7.89. The summed E-state index contributed by atoms with van der Waals surface area (Å²) < 4.78 is 32.9. The van der Waals surface area contributed by atoms with Gasteiger partial charge >= 0.3 is 0 Å². The highest BCUT2D eigenvalue weighted by Crippen LogP contribution is 2.19. The molecular formula is C20H24N2O4S. The van der Waals surface area contributed by atoms with Gasteiger partial charge in [0.25, 0.3) is 5.91 Å². The number of carbonyl (C=O) groups is 1. The summed E-state index contributed by atoms with van der Waals surface area (Å²) in [5.74, 6) is 0.604. The number of likely N-dealkylation sites (tertiary alicyclic amines) is 1. The van der Waals surface area contributed by atoms with Gasteiger partial charge in [-0.1, -0.05) is 17.7 Å².